The predicted molar refractivity (Wildman–Crippen MR) is 52.8 cm³/mol. The lowest BCUT2D eigenvalue weighted by atomic mass is 10.0. The Hall–Kier alpha value is -1.57. The van der Waals surface area contributed by atoms with Crippen LogP contribution in [-0.2, 0) is 0 Å². The molecule has 2 nitrogen and oxygen atoms in total. The Kier molecular flexibility index (Phi) is 2.85. The molecule has 1 aromatic carbocycles. The van der Waals surface area contributed by atoms with Crippen LogP contribution >= 0.6 is 0 Å². The molecule has 0 amide bonds. The molecule has 68 valence electrons. The zero-order chi connectivity index (χ0) is 9.84. The van der Waals surface area contributed by atoms with Crippen LogP contribution in [0.25, 0.3) is 6.08 Å². The molecule has 1 aromatic rings. The van der Waals surface area contributed by atoms with Crippen molar-refractivity contribution < 1.29 is 9.90 Å². The van der Waals surface area contributed by atoms with Crippen molar-refractivity contribution in [3.05, 3.63) is 41.0 Å². The van der Waals surface area contributed by atoms with Gasteiger partial charge in [0, 0.05) is 0 Å². The Morgan fingerprint density at radius 3 is 2.69 bits per heavy atom. The number of hydrogen-bond donors (Lipinski definition) is 1. The van der Waals surface area contributed by atoms with Crippen molar-refractivity contribution in [2.75, 3.05) is 0 Å². The highest BCUT2D eigenvalue weighted by atomic mass is 16.4. The summed E-state index contributed by atoms with van der Waals surface area (Å²) in [5, 5.41) is 8.88. The standard InChI is InChI=1S/C11H12O2/c1-3-5-9-8(2)6-4-7-10(9)11(12)13/h3-7H,1-2H3,(H,12,13)/b5-3-. The average Bonchev–Trinajstić information content (AvgIpc) is 2.08. The molecular weight excluding hydrogens is 164 g/mol. The average molecular weight is 176 g/mol. The number of benzene rings is 1. The second-order valence-corrected chi connectivity index (χ2v) is 2.84. The van der Waals surface area contributed by atoms with Crippen LogP contribution in [0.1, 0.15) is 28.4 Å². The van der Waals surface area contributed by atoms with Crippen molar-refractivity contribution in [1.82, 2.24) is 0 Å². The minimum atomic E-state index is -0.878. The van der Waals surface area contributed by atoms with Gasteiger partial charge in [-0.1, -0.05) is 24.3 Å². The minimum absolute atomic E-state index is 0.359. The second-order valence-electron chi connectivity index (χ2n) is 2.84. The van der Waals surface area contributed by atoms with Gasteiger partial charge in [0.05, 0.1) is 5.56 Å². The summed E-state index contributed by atoms with van der Waals surface area (Å²) in [6.45, 7) is 3.78. The van der Waals surface area contributed by atoms with E-state index in [4.69, 9.17) is 5.11 Å². The monoisotopic (exact) mass is 176 g/mol. The minimum Gasteiger partial charge on any atom is -0.478 e. The summed E-state index contributed by atoms with van der Waals surface area (Å²) in [5.41, 5.74) is 2.13. The van der Waals surface area contributed by atoms with Gasteiger partial charge in [-0.05, 0) is 31.0 Å². The van der Waals surface area contributed by atoms with Crippen molar-refractivity contribution in [3.63, 3.8) is 0 Å². The van der Waals surface area contributed by atoms with Gasteiger partial charge in [-0.2, -0.15) is 0 Å². The number of carboxylic acid groups (broad SMARTS) is 1. The van der Waals surface area contributed by atoms with Gasteiger partial charge in [-0.25, -0.2) is 4.79 Å². The quantitative estimate of drug-likeness (QED) is 0.752. The number of carboxylic acids is 1. The summed E-state index contributed by atoms with van der Waals surface area (Å²) in [6, 6.07) is 5.28. The molecule has 13 heavy (non-hydrogen) atoms. The third kappa shape index (κ3) is 1.96. The van der Waals surface area contributed by atoms with Crippen LogP contribution in [0.3, 0.4) is 0 Å². The normalized spacial score (nSPS) is 10.6. The van der Waals surface area contributed by atoms with Crippen molar-refractivity contribution in [2.45, 2.75) is 13.8 Å². The van der Waals surface area contributed by atoms with Gasteiger partial charge < -0.3 is 5.11 Å². The van der Waals surface area contributed by atoms with Gasteiger partial charge in [-0.3, -0.25) is 0 Å². The molecule has 0 aliphatic rings. The van der Waals surface area contributed by atoms with Crippen LogP contribution in [0.2, 0.25) is 0 Å². The highest BCUT2D eigenvalue weighted by Crippen LogP contribution is 2.15. The first kappa shape index (κ1) is 9.52. The molecule has 0 aromatic heterocycles. The predicted octanol–water partition coefficient (Wildman–Crippen LogP) is 2.73. The van der Waals surface area contributed by atoms with Gasteiger partial charge >= 0.3 is 5.97 Å². The van der Waals surface area contributed by atoms with Gasteiger partial charge in [0.15, 0.2) is 0 Å². The molecule has 0 spiro atoms. The number of aryl methyl sites for hydroxylation is 1. The van der Waals surface area contributed by atoms with E-state index >= 15 is 0 Å². The topological polar surface area (TPSA) is 37.3 Å². The Balaban J connectivity index is 3.33. The van der Waals surface area contributed by atoms with Gasteiger partial charge in [0.2, 0.25) is 0 Å². The fourth-order valence-corrected chi connectivity index (χ4v) is 1.26. The van der Waals surface area contributed by atoms with Gasteiger partial charge in [0.25, 0.3) is 0 Å². The lowest BCUT2D eigenvalue weighted by molar-refractivity contribution is 0.0696. The summed E-state index contributed by atoms with van der Waals surface area (Å²) in [6.07, 6.45) is 3.66. The highest BCUT2D eigenvalue weighted by Gasteiger charge is 2.08. The van der Waals surface area contributed by atoms with Crippen molar-refractivity contribution in [3.8, 4) is 0 Å². The molecule has 0 saturated carbocycles. The SMILES string of the molecule is C/C=C\c1c(C)cccc1C(=O)O. The molecule has 0 unspecified atom stereocenters. The van der Waals surface area contributed by atoms with E-state index in [0.717, 1.165) is 11.1 Å². The smallest absolute Gasteiger partial charge is 0.336 e. The van der Waals surface area contributed by atoms with Crippen LogP contribution in [0.4, 0.5) is 0 Å². The third-order valence-electron chi connectivity index (χ3n) is 1.89. The maximum absolute atomic E-state index is 10.8. The number of carbonyl (C=O) groups is 1. The van der Waals surface area contributed by atoms with E-state index in [0.29, 0.717) is 5.56 Å². The summed E-state index contributed by atoms with van der Waals surface area (Å²) in [4.78, 5) is 10.8. The lowest BCUT2D eigenvalue weighted by Gasteiger charge is -2.03. The summed E-state index contributed by atoms with van der Waals surface area (Å²) >= 11 is 0. The van der Waals surface area contributed by atoms with E-state index in [2.05, 4.69) is 0 Å². The zero-order valence-corrected chi connectivity index (χ0v) is 7.74. The number of allylic oxidation sites excluding steroid dienone is 1. The zero-order valence-electron chi connectivity index (χ0n) is 7.74. The molecule has 0 radical (unpaired) electrons. The number of aromatic carboxylic acids is 1. The van der Waals surface area contributed by atoms with E-state index in [1.54, 1.807) is 12.1 Å². The molecule has 0 fully saturated rings. The molecule has 1 N–H and O–H groups in total. The molecule has 0 saturated heterocycles. The fraction of sp³-hybridized carbons (Fsp3) is 0.182. The van der Waals surface area contributed by atoms with E-state index in [1.807, 2.05) is 32.1 Å². The van der Waals surface area contributed by atoms with E-state index in [1.165, 1.54) is 0 Å². The first-order chi connectivity index (χ1) is 6.16. The van der Waals surface area contributed by atoms with E-state index in [9.17, 15) is 4.79 Å². The Bertz CT molecular complexity index is 351. The van der Waals surface area contributed by atoms with Crippen LogP contribution in [0.5, 0.6) is 0 Å². The number of rotatable bonds is 2. The summed E-state index contributed by atoms with van der Waals surface area (Å²) in [7, 11) is 0. The Morgan fingerprint density at radius 2 is 2.15 bits per heavy atom. The molecule has 1 rings (SSSR count). The molecule has 0 bridgehead atoms. The van der Waals surface area contributed by atoms with Crippen molar-refractivity contribution in [2.24, 2.45) is 0 Å². The maximum atomic E-state index is 10.8. The largest absolute Gasteiger partial charge is 0.478 e. The summed E-state index contributed by atoms with van der Waals surface area (Å²) in [5.74, 6) is -0.878. The van der Waals surface area contributed by atoms with E-state index < -0.39 is 5.97 Å². The Morgan fingerprint density at radius 1 is 1.46 bits per heavy atom. The molecule has 0 heterocycles. The maximum Gasteiger partial charge on any atom is 0.336 e. The molecule has 0 aliphatic heterocycles. The second kappa shape index (κ2) is 3.90. The fourth-order valence-electron chi connectivity index (χ4n) is 1.26. The molecule has 0 atom stereocenters. The van der Waals surface area contributed by atoms with Gasteiger partial charge in [-0.15, -0.1) is 0 Å². The van der Waals surface area contributed by atoms with Crippen LogP contribution in [-0.4, -0.2) is 11.1 Å². The molecular formula is C11H12O2. The van der Waals surface area contributed by atoms with Crippen LogP contribution < -0.4 is 0 Å². The first-order valence-electron chi connectivity index (χ1n) is 4.12. The first-order valence-corrected chi connectivity index (χ1v) is 4.12. The molecule has 2 heteroatoms. The van der Waals surface area contributed by atoms with Crippen molar-refractivity contribution >= 4 is 12.0 Å². The van der Waals surface area contributed by atoms with Crippen LogP contribution in [0.15, 0.2) is 24.3 Å². The van der Waals surface area contributed by atoms with Crippen molar-refractivity contribution in [1.29, 1.82) is 0 Å². The highest BCUT2D eigenvalue weighted by molar-refractivity contribution is 5.92. The lowest BCUT2D eigenvalue weighted by Crippen LogP contribution is -2.00. The molecule has 0 aliphatic carbocycles. The van der Waals surface area contributed by atoms with E-state index in [-0.39, 0.29) is 0 Å². The van der Waals surface area contributed by atoms with Gasteiger partial charge in [0.1, 0.15) is 0 Å². The third-order valence-corrected chi connectivity index (χ3v) is 1.89. The number of hydrogen-bond acceptors (Lipinski definition) is 1. The van der Waals surface area contributed by atoms with Crippen LogP contribution in [0, 0.1) is 6.92 Å². The Labute approximate surface area is 77.5 Å². The summed E-state index contributed by atoms with van der Waals surface area (Å²) < 4.78 is 0.